The number of hydrogen-bond acceptors (Lipinski definition) is 4. The number of nitrogens with zero attached hydrogens (tertiary/aromatic N) is 2. The fraction of sp³-hybridized carbons (Fsp3) is 0.588. The summed E-state index contributed by atoms with van der Waals surface area (Å²) >= 11 is 0. The van der Waals surface area contributed by atoms with E-state index in [1.54, 1.807) is 4.90 Å². The molecule has 1 aliphatic heterocycles. The largest absolute Gasteiger partial charge is 0.378 e. The molecule has 0 saturated carbocycles. The van der Waals surface area contributed by atoms with E-state index in [0.717, 1.165) is 17.4 Å². The number of rotatable bonds is 5. The van der Waals surface area contributed by atoms with Gasteiger partial charge in [0.15, 0.2) is 0 Å². The van der Waals surface area contributed by atoms with Crippen LogP contribution < -0.4 is 4.31 Å². The number of amides is 1. The van der Waals surface area contributed by atoms with E-state index in [0.29, 0.717) is 38.4 Å². The van der Waals surface area contributed by atoms with Crippen LogP contribution in [0.15, 0.2) is 18.2 Å². The highest BCUT2D eigenvalue weighted by Gasteiger charge is 2.34. The highest BCUT2D eigenvalue weighted by Crippen LogP contribution is 2.26. The number of morpholine rings is 1. The zero-order chi connectivity index (χ0) is 17.9. The van der Waals surface area contributed by atoms with Gasteiger partial charge in [-0.25, -0.2) is 8.42 Å². The summed E-state index contributed by atoms with van der Waals surface area (Å²) in [6.07, 6.45) is 1.57. The van der Waals surface area contributed by atoms with Crippen LogP contribution in [-0.4, -0.2) is 57.8 Å². The summed E-state index contributed by atoms with van der Waals surface area (Å²) in [6, 6.07) is 4.86. The SMILES string of the molecule is CC[C@H](C(=O)N1CCOCC1)N(c1cc(C)cc(C)c1)S(C)(=O)=O. The molecule has 1 amide bonds. The molecule has 2 rings (SSSR count). The summed E-state index contributed by atoms with van der Waals surface area (Å²) < 4.78 is 31.5. The molecule has 1 fully saturated rings. The molecule has 1 aliphatic rings. The number of sulfonamides is 1. The molecule has 0 bridgehead atoms. The monoisotopic (exact) mass is 354 g/mol. The quantitative estimate of drug-likeness (QED) is 0.807. The molecule has 7 heteroatoms. The summed E-state index contributed by atoms with van der Waals surface area (Å²) in [7, 11) is -3.59. The van der Waals surface area contributed by atoms with Crippen LogP contribution in [0, 0.1) is 13.8 Å². The lowest BCUT2D eigenvalue weighted by atomic mass is 10.1. The van der Waals surface area contributed by atoms with Gasteiger partial charge in [0.1, 0.15) is 6.04 Å². The van der Waals surface area contributed by atoms with Crippen molar-refractivity contribution in [3.05, 3.63) is 29.3 Å². The lowest BCUT2D eigenvalue weighted by molar-refractivity contribution is -0.136. The minimum absolute atomic E-state index is 0.162. The number of aryl methyl sites for hydroxylation is 2. The number of anilines is 1. The number of carbonyl (C=O) groups excluding carboxylic acids is 1. The minimum Gasteiger partial charge on any atom is -0.378 e. The van der Waals surface area contributed by atoms with Crippen LogP contribution in [0.4, 0.5) is 5.69 Å². The van der Waals surface area contributed by atoms with E-state index in [-0.39, 0.29) is 5.91 Å². The van der Waals surface area contributed by atoms with Crippen molar-refractivity contribution in [1.82, 2.24) is 4.90 Å². The van der Waals surface area contributed by atoms with Crippen molar-refractivity contribution < 1.29 is 17.9 Å². The van der Waals surface area contributed by atoms with Gasteiger partial charge in [0.25, 0.3) is 0 Å². The van der Waals surface area contributed by atoms with Gasteiger partial charge in [-0.05, 0) is 43.5 Å². The van der Waals surface area contributed by atoms with E-state index < -0.39 is 16.1 Å². The van der Waals surface area contributed by atoms with Gasteiger partial charge in [0.2, 0.25) is 15.9 Å². The van der Waals surface area contributed by atoms with Crippen molar-refractivity contribution in [2.45, 2.75) is 33.2 Å². The maximum Gasteiger partial charge on any atom is 0.246 e. The van der Waals surface area contributed by atoms with Gasteiger partial charge in [-0.1, -0.05) is 13.0 Å². The first-order valence-electron chi connectivity index (χ1n) is 8.18. The smallest absolute Gasteiger partial charge is 0.246 e. The number of ether oxygens (including phenoxy) is 1. The number of benzene rings is 1. The van der Waals surface area contributed by atoms with E-state index in [4.69, 9.17) is 4.74 Å². The Balaban J connectivity index is 2.43. The summed E-state index contributed by atoms with van der Waals surface area (Å²) in [5.74, 6) is -0.162. The van der Waals surface area contributed by atoms with E-state index in [1.807, 2.05) is 39.0 Å². The van der Waals surface area contributed by atoms with Crippen LogP contribution in [-0.2, 0) is 19.6 Å². The lowest BCUT2D eigenvalue weighted by Crippen LogP contribution is -2.53. The van der Waals surface area contributed by atoms with E-state index in [2.05, 4.69) is 0 Å². The predicted molar refractivity (Wildman–Crippen MR) is 94.7 cm³/mol. The van der Waals surface area contributed by atoms with Crippen molar-refractivity contribution in [2.75, 3.05) is 36.9 Å². The molecule has 0 radical (unpaired) electrons. The molecule has 1 atom stereocenters. The van der Waals surface area contributed by atoms with E-state index >= 15 is 0 Å². The second kappa shape index (κ2) is 7.53. The lowest BCUT2D eigenvalue weighted by Gasteiger charge is -2.35. The molecule has 0 aromatic heterocycles. The van der Waals surface area contributed by atoms with Crippen LogP contribution >= 0.6 is 0 Å². The third-order valence-corrected chi connectivity index (χ3v) is 5.28. The molecule has 1 aromatic carbocycles. The Morgan fingerprint density at radius 1 is 1.21 bits per heavy atom. The van der Waals surface area contributed by atoms with Crippen molar-refractivity contribution in [3.63, 3.8) is 0 Å². The molecule has 0 unspecified atom stereocenters. The van der Waals surface area contributed by atoms with Gasteiger partial charge in [-0.2, -0.15) is 0 Å². The fourth-order valence-corrected chi connectivity index (χ4v) is 4.31. The molecular formula is C17H26N2O4S. The predicted octanol–water partition coefficient (Wildman–Crippen LogP) is 1.71. The molecule has 1 saturated heterocycles. The second-order valence-corrected chi connectivity index (χ2v) is 8.13. The third kappa shape index (κ3) is 4.27. The maximum absolute atomic E-state index is 12.9. The van der Waals surface area contributed by atoms with Gasteiger partial charge in [0, 0.05) is 13.1 Å². The Morgan fingerprint density at radius 3 is 2.21 bits per heavy atom. The maximum atomic E-state index is 12.9. The Kier molecular flexibility index (Phi) is 5.87. The minimum atomic E-state index is -3.59. The van der Waals surface area contributed by atoms with E-state index in [1.165, 1.54) is 4.31 Å². The van der Waals surface area contributed by atoms with Crippen LogP contribution in [0.1, 0.15) is 24.5 Å². The molecule has 6 nitrogen and oxygen atoms in total. The Morgan fingerprint density at radius 2 is 1.75 bits per heavy atom. The average Bonchev–Trinajstić information content (AvgIpc) is 2.50. The first-order chi connectivity index (χ1) is 11.2. The summed E-state index contributed by atoms with van der Waals surface area (Å²) in [4.78, 5) is 14.6. The topological polar surface area (TPSA) is 66.9 Å². The molecule has 0 N–H and O–H groups in total. The second-order valence-electron chi connectivity index (χ2n) is 6.27. The molecule has 0 aliphatic carbocycles. The molecule has 1 aromatic rings. The highest BCUT2D eigenvalue weighted by atomic mass is 32.2. The zero-order valence-electron chi connectivity index (χ0n) is 14.8. The van der Waals surface area contributed by atoms with Gasteiger partial charge < -0.3 is 9.64 Å². The van der Waals surface area contributed by atoms with Crippen LogP contribution in [0.5, 0.6) is 0 Å². The zero-order valence-corrected chi connectivity index (χ0v) is 15.6. The van der Waals surface area contributed by atoms with Crippen molar-refractivity contribution in [1.29, 1.82) is 0 Å². The van der Waals surface area contributed by atoms with Gasteiger partial charge >= 0.3 is 0 Å². The van der Waals surface area contributed by atoms with Crippen LogP contribution in [0.2, 0.25) is 0 Å². The van der Waals surface area contributed by atoms with Crippen molar-refractivity contribution in [3.8, 4) is 0 Å². The third-order valence-electron chi connectivity index (χ3n) is 4.10. The first-order valence-corrected chi connectivity index (χ1v) is 10.0. The van der Waals surface area contributed by atoms with Crippen molar-refractivity contribution >= 4 is 21.6 Å². The molecule has 134 valence electrons. The Labute approximate surface area is 144 Å². The molecular weight excluding hydrogens is 328 g/mol. The average molecular weight is 354 g/mol. The standard InChI is InChI=1S/C17H26N2O4S/c1-5-16(17(20)18-6-8-23-9-7-18)19(24(4,21)22)15-11-13(2)10-14(3)12-15/h10-12,16H,5-9H2,1-4H3/t16-/m1/s1. The summed E-state index contributed by atoms with van der Waals surface area (Å²) in [5, 5.41) is 0. The molecule has 1 heterocycles. The summed E-state index contributed by atoms with van der Waals surface area (Å²) in [5.41, 5.74) is 2.48. The molecule has 24 heavy (non-hydrogen) atoms. The first kappa shape index (κ1) is 18.7. The summed E-state index contributed by atoms with van der Waals surface area (Å²) in [6.45, 7) is 7.65. The fourth-order valence-electron chi connectivity index (χ4n) is 3.12. The van der Waals surface area contributed by atoms with Crippen molar-refractivity contribution in [2.24, 2.45) is 0 Å². The highest BCUT2D eigenvalue weighted by molar-refractivity contribution is 7.92. The van der Waals surface area contributed by atoms with Gasteiger partial charge in [-0.15, -0.1) is 0 Å². The van der Waals surface area contributed by atoms with Crippen LogP contribution in [0.25, 0.3) is 0 Å². The van der Waals surface area contributed by atoms with Crippen LogP contribution in [0.3, 0.4) is 0 Å². The van der Waals surface area contributed by atoms with Gasteiger partial charge in [-0.3, -0.25) is 9.10 Å². The normalized spacial score (nSPS) is 16.8. The van der Waals surface area contributed by atoms with E-state index in [9.17, 15) is 13.2 Å². The Hall–Kier alpha value is -1.60. The Bertz CT molecular complexity index is 676. The molecule has 0 spiro atoms. The number of hydrogen-bond donors (Lipinski definition) is 0. The number of carbonyl (C=O) groups is 1. The van der Waals surface area contributed by atoms with Gasteiger partial charge in [0.05, 0.1) is 25.2 Å².